The first-order valence-corrected chi connectivity index (χ1v) is 16.7. The van der Waals surface area contributed by atoms with Crippen molar-refractivity contribution in [3.63, 3.8) is 0 Å². The molecule has 0 bridgehead atoms. The van der Waals surface area contributed by atoms with E-state index in [4.69, 9.17) is 9.47 Å². The van der Waals surface area contributed by atoms with Gasteiger partial charge in [-0.3, -0.25) is 0 Å². The van der Waals surface area contributed by atoms with Crippen molar-refractivity contribution >= 4 is 0 Å². The van der Waals surface area contributed by atoms with Crippen LogP contribution in [0.15, 0.2) is 24.3 Å². The zero-order valence-electron chi connectivity index (χ0n) is 25.2. The van der Waals surface area contributed by atoms with Crippen molar-refractivity contribution in [2.45, 2.75) is 174 Å². The van der Waals surface area contributed by atoms with Crippen molar-refractivity contribution in [2.75, 3.05) is 13.2 Å². The summed E-state index contributed by atoms with van der Waals surface area (Å²) in [6.07, 6.45) is 34.6. The summed E-state index contributed by atoms with van der Waals surface area (Å²) in [5.74, 6) is 1.94. The maximum atomic E-state index is 5.93. The molecule has 0 aliphatic rings. The summed E-state index contributed by atoms with van der Waals surface area (Å²) in [6, 6.07) is 8.22. The van der Waals surface area contributed by atoms with Crippen LogP contribution < -0.4 is 9.47 Å². The minimum absolute atomic E-state index is 0.830. The molecule has 0 aromatic heterocycles. The molecule has 0 radical (unpaired) electrons. The zero-order valence-corrected chi connectivity index (χ0v) is 25.2. The Kier molecular flexibility index (Phi) is 25.5. The summed E-state index contributed by atoms with van der Waals surface area (Å²) in [6.45, 7) is 6.24. The number of rotatable bonds is 29. The van der Waals surface area contributed by atoms with Crippen molar-refractivity contribution in [3.05, 3.63) is 24.3 Å². The van der Waals surface area contributed by atoms with Gasteiger partial charge in [-0.1, -0.05) is 162 Å². The van der Waals surface area contributed by atoms with E-state index in [1.165, 1.54) is 148 Å². The molecule has 0 N–H and O–H groups in total. The predicted molar refractivity (Wildman–Crippen MR) is 164 cm³/mol. The molecule has 1 aromatic rings. The van der Waals surface area contributed by atoms with E-state index in [0.29, 0.717) is 0 Å². The minimum atomic E-state index is 0.830. The van der Waals surface area contributed by atoms with Crippen molar-refractivity contribution in [1.29, 1.82) is 0 Å². The molecule has 1 rings (SSSR count). The first-order chi connectivity index (χ1) is 18.4. The molecule has 0 aliphatic carbocycles. The molecule has 0 fully saturated rings. The van der Waals surface area contributed by atoms with Gasteiger partial charge in [0.15, 0.2) is 0 Å². The van der Waals surface area contributed by atoms with Crippen LogP contribution in [0.3, 0.4) is 0 Å². The molecule has 0 aliphatic heterocycles. The SMILES string of the molecule is CCCCCCCCCCCCCCCOc1ccc(OCCCCCCCCCCCCCC)cc1. The van der Waals surface area contributed by atoms with E-state index in [-0.39, 0.29) is 0 Å². The van der Waals surface area contributed by atoms with Gasteiger partial charge in [-0.2, -0.15) is 0 Å². The highest BCUT2D eigenvalue weighted by Gasteiger charge is 1.99. The first kappa shape index (κ1) is 33.8. The van der Waals surface area contributed by atoms with E-state index in [0.717, 1.165) is 37.6 Å². The lowest BCUT2D eigenvalue weighted by Crippen LogP contribution is -1.99. The lowest BCUT2D eigenvalue weighted by Gasteiger charge is -2.09. The van der Waals surface area contributed by atoms with Crippen LogP contribution >= 0.6 is 0 Å². The molecule has 1 aromatic carbocycles. The van der Waals surface area contributed by atoms with E-state index in [2.05, 4.69) is 38.1 Å². The number of benzene rings is 1. The third-order valence-electron chi connectivity index (χ3n) is 7.61. The normalized spacial score (nSPS) is 11.2. The van der Waals surface area contributed by atoms with E-state index < -0.39 is 0 Å². The van der Waals surface area contributed by atoms with Crippen LogP contribution in [-0.4, -0.2) is 13.2 Å². The summed E-state index contributed by atoms with van der Waals surface area (Å²) >= 11 is 0. The second kappa shape index (κ2) is 27.8. The fraction of sp³-hybridized carbons (Fsp3) is 0.829. The minimum Gasteiger partial charge on any atom is -0.494 e. The Bertz CT molecular complexity index is 553. The van der Waals surface area contributed by atoms with Crippen LogP contribution in [0.2, 0.25) is 0 Å². The second-order valence-corrected chi connectivity index (χ2v) is 11.3. The molecule has 0 amide bonds. The summed E-state index contributed by atoms with van der Waals surface area (Å²) in [7, 11) is 0. The Labute approximate surface area is 232 Å². The summed E-state index contributed by atoms with van der Waals surface area (Å²) < 4.78 is 11.9. The molecule has 0 spiro atoms. The predicted octanol–water partition coefficient (Wildman–Crippen LogP) is 12.2. The molecule has 37 heavy (non-hydrogen) atoms. The molecule has 2 heteroatoms. The van der Waals surface area contributed by atoms with E-state index in [1.54, 1.807) is 0 Å². The molecule has 0 atom stereocenters. The van der Waals surface area contributed by atoms with Gasteiger partial charge in [0.2, 0.25) is 0 Å². The Hall–Kier alpha value is -1.18. The summed E-state index contributed by atoms with van der Waals surface area (Å²) in [4.78, 5) is 0. The Morgan fingerprint density at radius 2 is 0.541 bits per heavy atom. The highest BCUT2D eigenvalue weighted by molar-refractivity contribution is 5.31. The lowest BCUT2D eigenvalue weighted by molar-refractivity contribution is 0.296. The standard InChI is InChI=1S/C35H64O2/c1-3-5-7-9-11-13-15-17-19-21-23-25-27-33-37-35-30-28-34(29-31-35)36-32-26-24-22-20-18-16-14-12-10-8-6-4-2/h28-31H,3-27,32-33H2,1-2H3. The fourth-order valence-corrected chi connectivity index (χ4v) is 5.08. The van der Waals surface area contributed by atoms with Crippen LogP contribution in [-0.2, 0) is 0 Å². The van der Waals surface area contributed by atoms with Gasteiger partial charge in [0.25, 0.3) is 0 Å². The highest BCUT2D eigenvalue weighted by atomic mass is 16.5. The lowest BCUT2D eigenvalue weighted by atomic mass is 10.0. The summed E-state index contributed by atoms with van der Waals surface area (Å²) in [5, 5.41) is 0. The van der Waals surface area contributed by atoms with E-state index in [1.807, 2.05) is 0 Å². The van der Waals surface area contributed by atoms with Crippen molar-refractivity contribution in [2.24, 2.45) is 0 Å². The fourth-order valence-electron chi connectivity index (χ4n) is 5.08. The van der Waals surface area contributed by atoms with E-state index in [9.17, 15) is 0 Å². The molecular weight excluding hydrogens is 452 g/mol. The van der Waals surface area contributed by atoms with Gasteiger partial charge in [-0.05, 0) is 37.1 Å². The molecule has 0 heterocycles. The molecule has 216 valence electrons. The van der Waals surface area contributed by atoms with Gasteiger partial charge >= 0.3 is 0 Å². The Morgan fingerprint density at radius 3 is 0.784 bits per heavy atom. The quantitative estimate of drug-likeness (QED) is 0.0985. The van der Waals surface area contributed by atoms with Crippen LogP contribution in [0.5, 0.6) is 11.5 Å². The zero-order chi connectivity index (χ0) is 26.5. The number of hydrogen-bond donors (Lipinski definition) is 0. The van der Waals surface area contributed by atoms with Crippen LogP contribution in [0, 0.1) is 0 Å². The van der Waals surface area contributed by atoms with Crippen LogP contribution in [0.1, 0.15) is 174 Å². The molecule has 2 nitrogen and oxygen atoms in total. The number of unbranched alkanes of at least 4 members (excludes halogenated alkanes) is 23. The van der Waals surface area contributed by atoms with Gasteiger partial charge in [-0.25, -0.2) is 0 Å². The average Bonchev–Trinajstić information content (AvgIpc) is 2.92. The summed E-state index contributed by atoms with van der Waals surface area (Å²) in [5.41, 5.74) is 0. The molecule has 0 saturated heterocycles. The topological polar surface area (TPSA) is 18.5 Å². The molecule has 0 unspecified atom stereocenters. The number of hydrogen-bond acceptors (Lipinski definition) is 2. The van der Waals surface area contributed by atoms with Crippen molar-refractivity contribution in [1.82, 2.24) is 0 Å². The molecule has 0 saturated carbocycles. The van der Waals surface area contributed by atoms with E-state index >= 15 is 0 Å². The third-order valence-corrected chi connectivity index (χ3v) is 7.61. The van der Waals surface area contributed by atoms with Gasteiger partial charge < -0.3 is 9.47 Å². The van der Waals surface area contributed by atoms with Gasteiger partial charge in [0.1, 0.15) is 11.5 Å². The van der Waals surface area contributed by atoms with Gasteiger partial charge in [0.05, 0.1) is 13.2 Å². The largest absolute Gasteiger partial charge is 0.494 e. The van der Waals surface area contributed by atoms with Crippen LogP contribution in [0.4, 0.5) is 0 Å². The van der Waals surface area contributed by atoms with Crippen molar-refractivity contribution < 1.29 is 9.47 Å². The monoisotopic (exact) mass is 516 g/mol. The average molecular weight is 517 g/mol. The highest BCUT2D eigenvalue weighted by Crippen LogP contribution is 2.19. The third kappa shape index (κ3) is 23.7. The number of ether oxygens (including phenoxy) is 2. The Morgan fingerprint density at radius 1 is 0.324 bits per heavy atom. The smallest absolute Gasteiger partial charge is 0.119 e. The van der Waals surface area contributed by atoms with Crippen molar-refractivity contribution in [3.8, 4) is 11.5 Å². The van der Waals surface area contributed by atoms with Crippen LogP contribution in [0.25, 0.3) is 0 Å². The first-order valence-electron chi connectivity index (χ1n) is 16.7. The maximum absolute atomic E-state index is 5.93. The van der Waals surface area contributed by atoms with Gasteiger partial charge in [-0.15, -0.1) is 0 Å². The van der Waals surface area contributed by atoms with Gasteiger partial charge in [0, 0.05) is 0 Å². The maximum Gasteiger partial charge on any atom is 0.119 e. The Balaban J connectivity index is 1.84. The molecular formula is C35H64O2. The second-order valence-electron chi connectivity index (χ2n) is 11.3.